The fourth-order valence-electron chi connectivity index (χ4n) is 1.70. The zero-order valence-corrected chi connectivity index (χ0v) is 10.1. The molecule has 0 amide bonds. The van der Waals surface area contributed by atoms with Crippen LogP contribution in [0, 0.1) is 0 Å². The third-order valence-corrected chi connectivity index (χ3v) is 2.66. The van der Waals surface area contributed by atoms with Crippen molar-refractivity contribution in [3.8, 4) is 0 Å². The van der Waals surface area contributed by atoms with E-state index in [-0.39, 0.29) is 0 Å². The molecule has 1 aromatic carbocycles. The Bertz CT molecular complexity index is 524. The first-order valence-corrected chi connectivity index (χ1v) is 5.86. The summed E-state index contributed by atoms with van der Waals surface area (Å²) in [6, 6.07) is 8.96. The number of hydrogen-bond acceptors (Lipinski definition) is 2. The van der Waals surface area contributed by atoms with Gasteiger partial charge in [0.25, 0.3) is 0 Å². The van der Waals surface area contributed by atoms with E-state index < -0.39 is 11.7 Å². The number of halogens is 3. The van der Waals surface area contributed by atoms with Crippen LogP contribution in [0.5, 0.6) is 0 Å². The van der Waals surface area contributed by atoms with Crippen LogP contribution in [-0.4, -0.2) is 11.5 Å². The van der Waals surface area contributed by atoms with Crippen LogP contribution in [-0.2, 0) is 12.6 Å². The molecule has 1 heterocycles. The summed E-state index contributed by atoms with van der Waals surface area (Å²) < 4.78 is 37.6. The number of nitrogens with zero attached hydrogens (tertiary/aromatic N) is 1. The van der Waals surface area contributed by atoms with E-state index in [1.54, 1.807) is 18.5 Å². The molecule has 0 saturated carbocycles. The minimum atomic E-state index is -4.30. The third-order valence-electron chi connectivity index (χ3n) is 2.66. The average Bonchev–Trinajstić information content (AvgIpc) is 2.39. The monoisotopic (exact) mass is 266 g/mol. The summed E-state index contributed by atoms with van der Waals surface area (Å²) in [6.07, 6.45) is -0.164. The van der Waals surface area contributed by atoms with Crippen molar-refractivity contribution in [1.82, 2.24) is 4.98 Å². The molecule has 0 bridgehead atoms. The zero-order valence-electron chi connectivity index (χ0n) is 10.1. The van der Waals surface area contributed by atoms with Crippen molar-refractivity contribution >= 4 is 5.69 Å². The predicted molar refractivity (Wildman–Crippen MR) is 67.9 cm³/mol. The standard InChI is InChI=1S/C14H13F3N2/c15-14(16,17)12-4-1-5-13(9-12)19-8-6-11-3-2-7-18-10-11/h1-5,7,9-10,19H,6,8H2. The first kappa shape index (κ1) is 13.4. The maximum absolute atomic E-state index is 12.5. The van der Waals surface area contributed by atoms with Crippen LogP contribution in [0.2, 0.25) is 0 Å². The SMILES string of the molecule is FC(F)(F)c1cccc(NCCc2cccnc2)c1. The summed E-state index contributed by atoms with van der Waals surface area (Å²) in [7, 11) is 0. The molecule has 0 spiro atoms. The number of nitrogens with one attached hydrogen (secondary N) is 1. The molecule has 0 radical (unpaired) electrons. The quantitative estimate of drug-likeness (QED) is 0.911. The molecule has 0 aliphatic heterocycles. The largest absolute Gasteiger partial charge is 0.416 e. The Labute approximate surface area is 109 Å². The van der Waals surface area contributed by atoms with E-state index in [0.717, 1.165) is 17.7 Å². The summed E-state index contributed by atoms with van der Waals surface area (Å²) >= 11 is 0. The second kappa shape index (κ2) is 5.73. The molecule has 1 aromatic heterocycles. The van der Waals surface area contributed by atoms with Gasteiger partial charge in [-0.15, -0.1) is 0 Å². The van der Waals surface area contributed by atoms with Crippen molar-refractivity contribution in [3.63, 3.8) is 0 Å². The number of rotatable bonds is 4. The molecule has 19 heavy (non-hydrogen) atoms. The van der Waals surface area contributed by atoms with Gasteiger partial charge in [-0.3, -0.25) is 4.98 Å². The van der Waals surface area contributed by atoms with Gasteiger partial charge in [-0.25, -0.2) is 0 Å². The van der Waals surface area contributed by atoms with Crippen molar-refractivity contribution < 1.29 is 13.2 Å². The second-order valence-electron chi connectivity index (χ2n) is 4.12. The number of pyridine rings is 1. The molecule has 2 nitrogen and oxygen atoms in total. The first-order valence-electron chi connectivity index (χ1n) is 5.86. The van der Waals surface area contributed by atoms with E-state index in [1.165, 1.54) is 6.07 Å². The van der Waals surface area contributed by atoms with E-state index in [4.69, 9.17) is 0 Å². The lowest BCUT2D eigenvalue weighted by Gasteiger charge is -2.10. The summed E-state index contributed by atoms with van der Waals surface area (Å²) in [5, 5.41) is 2.98. The lowest BCUT2D eigenvalue weighted by molar-refractivity contribution is -0.137. The Balaban J connectivity index is 1.93. The molecule has 2 rings (SSSR count). The average molecular weight is 266 g/mol. The van der Waals surface area contributed by atoms with E-state index in [9.17, 15) is 13.2 Å². The van der Waals surface area contributed by atoms with Crippen molar-refractivity contribution in [2.75, 3.05) is 11.9 Å². The first-order chi connectivity index (χ1) is 9.05. The van der Waals surface area contributed by atoms with Crippen LogP contribution in [0.1, 0.15) is 11.1 Å². The van der Waals surface area contributed by atoms with Crippen LogP contribution in [0.15, 0.2) is 48.8 Å². The van der Waals surface area contributed by atoms with Crippen molar-refractivity contribution in [3.05, 3.63) is 59.9 Å². The van der Waals surface area contributed by atoms with E-state index in [2.05, 4.69) is 10.3 Å². The molecule has 1 N–H and O–H groups in total. The number of aromatic nitrogens is 1. The van der Waals surface area contributed by atoms with Gasteiger partial charge in [-0.05, 0) is 36.2 Å². The molecule has 100 valence electrons. The Hall–Kier alpha value is -2.04. The van der Waals surface area contributed by atoms with Crippen LogP contribution < -0.4 is 5.32 Å². The molecular formula is C14H13F3N2. The van der Waals surface area contributed by atoms with Crippen LogP contribution >= 0.6 is 0 Å². The topological polar surface area (TPSA) is 24.9 Å². The Morgan fingerprint density at radius 2 is 1.95 bits per heavy atom. The number of alkyl halides is 3. The maximum atomic E-state index is 12.5. The Kier molecular flexibility index (Phi) is 4.04. The molecule has 0 unspecified atom stereocenters. The Morgan fingerprint density at radius 3 is 2.63 bits per heavy atom. The highest BCUT2D eigenvalue weighted by molar-refractivity contribution is 5.46. The normalized spacial score (nSPS) is 11.3. The van der Waals surface area contributed by atoms with E-state index in [1.807, 2.05) is 12.1 Å². The van der Waals surface area contributed by atoms with E-state index in [0.29, 0.717) is 18.7 Å². The summed E-state index contributed by atoms with van der Waals surface area (Å²) in [5.41, 5.74) is 0.875. The molecule has 2 aromatic rings. The van der Waals surface area contributed by atoms with Crippen LogP contribution in [0.4, 0.5) is 18.9 Å². The smallest absolute Gasteiger partial charge is 0.385 e. The highest BCUT2D eigenvalue weighted by Gasteiger charge is 2.30. The van der Waals surface area contributed by atoms with Crippen molar-refractivity contribution in [2.45, 2.75) is 12.6 Å². The molecule has 5 heteroatoms. The second-order valence-corrected chi connectivity index (χ2v) is 4.12. The summed E-state index contributed by atoms with van der Waals surface area (Å²) in [4.78, 5) is 3.98. The highest BCUT2D eigenvalue weighted by Crippen LogP contribution is 2.30. The highest BCUT2D eigenvalue weighted by atomic mass is 19.4. The fourth-order valence-corrected chi connectivity index (χ4v) is 1.70. The minimum Gasteiger partial charge on any atom is -0.385 e. The molecule has 0 saturated heterocycles. The van der Waals surface area contributed by atoms with Gasteiger partial charge in [-0.2, -0.15) is 13.2 Å². The van der Waals surface area contributed by atoms with Gasteiger partial charge in [0.05, 0.1) is 5.56 Å². The van der Waals surface area contributed by atoms with Gasteiger partial charge in [0.2, 0.25) is 0 Å². The van der Waals surface area contributed by atoms with Gasteiger partial charge < -0.3 is 5.32 Å². The van der Waals surface area contributed by atoms with Crippen LogP contribution in [0.25, 0.3) is 0 Å². The lowest BCUT2D eigenvalue weighted by Crippen LogP contribution is -2.08. The van der Waals surface area contributed by atoms with Gasteiger partial charge in [0.1, 0.15) is 0 Å². The summed E-state index contributed by atoms with van der Waals surface area (Å²) in [5.74, 6) is 0. The van der Waals surface area contributed by atoms with Gasteiger partial charge in [0.15, 0.2) is 0 Å². The van der Waals surface area contributed by atoms with Gasteiger partial charge in [-0.1, -0.05) is 12.1 Å². The fraction of sp³-hybridized carbons (Fsp3) is 0.214. The summed E-state index contributed by atoms with van der Waals surface area (Å²) in [6.45, 7) is 0.563. The predicted octanol–water partition coefficient (Wildman–Crippen LogP) is 3.76. The molecule has 0 aliphatic carbocycles. The maximum Gasteiger partial charge on any atom is 0.416 e. The van der Waals surface area contributed by atoms with Crippen molar-refractivity contribution in [1.29, 1.82) is 0 Å². The van der Waals surface area contributed by atoms with Gasteiger partial charge in [0, 0.05) is 24.6 Å². The molecule has 0 fully saturated rings. The third kappa shape index (κ3) is 3.98. The molecule has 0 atom stereocenters. The number of benzene rings is 1. The molecule has 0 aliphatic rings. The molecular weight excluding hydrogens is 253 g/mol. The minimum absolute atomic E-state index is 0.471. The van der Waals surface area contributed by atoms with E-state index >= 15 is 0 Å². The number of hydrogen-bond donors (Lipinski definition) is 1. The number of anilines is 1. The Morgan fingerprint density at radius 1 is 1.11 bits per heavy atom. The van der Waals surface area contributed by atoms with Crippen LogP contribution in [0.3, 0.4) is 0 Å². The van der Waals surface area contributed by atoms with Gasteiger partial charge >= 0.3 is 6.18 Å². The lowest BCUT2D eigenvalue weighted by atomic mass is 10.2. The van der Waals surface area contributed by atoms with Crippen molar-refractivity contribution in [2.24, 2.45) is 0 Å². The zero-order chi connectivity index (χ0) is 13.7.